The minimum absolute atomic E-state index is 0.0511. The lowest BCUT2D eigenvalue weighted by molar-refractivity contribution is -0.207. The Morgan fingerprint density at radius 3 is 2.30 bits per heavy atom. The minimum Gasteiger partial charge on any atom is -0.823 e. The third kappa shape index (κ3) is 3.04. The molecule has 0 atom stereocenters. The van der Waals surface area contributed by atoms with Gasteiger partial charge in [0.25, 0.3) is 0 Å². The number of hydrogen-bond acceptors (Lipinski definition) is 2. The molecule has 0 fully saturated rings. The number of benzene rings is 2. The molecule has 104 valence electrons. The molecule has 2 nitrogen and oxygen atoms in total. The zero-order valence-electron chi connectivity index (χ0n) is 11.6. The highest BCUT2D eigenvalue weighted by molar-refractivity contribution is 7.49. The molecule has 2 aromatic carbocycles. The summed E-state index contributed by atoms with van der Waals surface area (Å²) in [6.07, 6.45) is 0. The standard InChI is InChI=1S/C16H16ClO2P/c1-10-6-4-7-11(2)15(10)20-16(18)14-12(17)8-5-9-13(14)19-3/h4-9,18H,1-3H3/p-1. The van der Waals surface area contributed by atoms with Gasteiger partial charge in [0.05, 0.1) is 12.1 Å². The van der Waals surface area contributed by atoms with E-state index in [-0.39, 0.29) is 5.48 Å². The van der Waals surface area contributed by atoms with Crippen LogP contribution in [0.1, 0.15) is 16.7 Å². The molecule has 0 heterocycles. The largest absolute Gasteiger partial charge is 0.823 e. The van der Waals surface area contributed by atoms with Crippen LogP contribution in [0.4, 0.5) is 0 Å². The molecule has 0 saturated heterocycles. The van der Waals surface area contributed by atoms with Gasteiger partial charge in [-0.25, -0.2) is 0 Å². The third-order valence-corrected chi connectivity index (χ3v) is 4.73. The highest BCUT2D eigenvalue weighted by Gasteiger charge is 2.07. The van der Waals surface area contributed by atoms with Crippen LogP contribution in [0.3, 0.4) is 0 Å². The van der Waals surface area contributed by atoms with Crippen molar-refractivity contribution < 1.29 is 9.84 Å². The molecule has 0 aliphatic carbocycles. The molecule has 0 aliphatic rings. The zero-order chi connectivity index (χ0) is 14.7. The molecule has 20 heavy (non-hydrogen) atoms. The smallest absolute Gasteiger partial charge is 0.126 e. The first kappa shape index (κ1) is 15.1. The van der Waals surface area contributed by atoms with Gasteiger partial charge in [0, 0.05) is 10.9 Å². The molecular formula is C16H15ClO2P-. The van der Waals surface area contributed by atoms with E-state index in [4.69, 9.17) is 16.3 Å². The van der Waals surface area contributed by atoms with Gasteiger partial charge in [0.15, 0.2) is 0 Å². The van der Waals surface area contributed by atoms with Gasteiger partial charge in [0.2, 0.25) is 0 Å². The topological polar surface area (TPSA) is 32.3 Å². The summed E-state index contributed by atoms with van der Waals surface area (Å²) in [5.41, 5.74) is 2.60. The molecular weight excluding hydrogens is 291 g/mol. The van der Waals surface area contributed by atoms with Gasteiger partial charge in [-0.15, -0.1) is 0 Å². The molecule has 0 bridgehead atoms. The fraction of sp³-hybridized carbons (Fsp3) is 0.188. The van der Waals surface area contributed by atoms with E-state index in [1.807, 2.05) is 32.0 Å². The van der Waals surface area contributed by atoms with Crippen LogP contribution in [0.5, 0.6) is 5.75 Å². The first-order valence-corrected chi connectivity index (χ1v) is 7.46. The van der Waals surface area contributed by atoms with E-state index in [2.05, 4.69) is 0 Å². The summed E-state index contributed by atoms with van der Waals surface area (Å²) >= 11 is 6.14. The molecule has 0 unspecified atom stereocenters. The monoisotopic (exact) mass is 305 g/mol. The number of halogens is 1. The first-order chi connectivity index (χ1) is 9.54. The van der Waals surface area contributed by atoms with Gasteiger partial charge < -0.3 is 9.84 Å². The predicted octanol–water partition coefficient (Wildman–Crippen LogP) is 3.08. The average Bonchev–Trinajstić information content (AvgIpc) is 2.42. The van der Waals surface area contributed by atoms with Crippen molar-refractivity contribution in [2.75, 3.05) is 7.11 Å². The molecule has 0 N–H and O–H groups in total. The Bertz CT molecular complexity index is 645. The minimum atomic E-state index is -0.0511. The Kier molecular flexibility index (Phi) is 4.82. The van der Waals surface area contributed by atoms with Gasteiger partial charge in [-0.2, -0.15) is 0 Å². The second-order valence-electron chi connectivity index (χ2n) is 4.47. The van der Waals surface area contributed by atoms with E-state index in [1.165, 1.54) is 0 Å². The molecule has 0 spiro atoms. The molecule has 0 aromatic heterocycles. The van der Waals surface area contributed by atoms with Crippen molar-refractivity contribution in [3.63, 3.8) is 0 Å². The summed E-state index contributed by atoms with van der Waals surface area (Å²) in [4.78, 5) is 0. The Hall–Kier alpha value is -1.34. The number of ether oxygens (including phenoxy) is 1. The van der Waals surface area contributed by atoms with Crippen LogP contribution in [-0.2, 0) is 0 Å². The SMILES string of the molecule is COc1cccc(Cl)c1C([O-])=Pc1c(C)cccc1C. The van der Waals surface area contributed by atoms with E-state index >= 15 is 0 Å². The van der Waals surface area contributed by atoms with E-state index in [0.29, 0.717) is 24.5 Å². The summed E-state index contributed by atoms with van der Waals surface area (Å²) in [5.74, 6) is 0.515. The van der Waals surface area contributed by atoms with Crippen molar-refractivity contribution in [2.45, 2.75) is 13.8 Å². The number of methoxy groups -OCH3 is 1. The Morgan fingerprint density at radius 2 is 1.70 bits per heavy atom. The normalized spacial score (nSPS) is 11.6. The van der Waals surface area contributed by atoms with Gasteiger partial charge in [-0.1, -0.05) is 49.6 Å². The fourth-order valence-corrected chi connectivity index (χ4v) is 3.39. The molecule has 0 saturated carbocycles. The number of hydrogen-bond donors (Lipinski definition) is 0. The van der Waals surface area contributed by atoms with Crippen molar-refractivity contribution in [1.82, 2.24) is 0 Å². The second-order valence-corrected chi connectivity index (χ2v) is 5.96. The molecule has 0 radical (unpaired) electrons. The van der Waals surface area contributed by atoms with E-state index in [1.54, 1.807) is 25.3 Å². The molecule has 4 heteroatoms. The van der Waals surface area contributed by atoms with Crippen molar-refractivity contribution in [2.24, 2.45) is 0 Å². The highest BCUT2D eigenvalue weighted by Crippen LogP contribution is 2.27. The Labute approximate surface area is 125 Å². The molecule has 2 aromatic rings. The van der Waals surface area contributed by atoms with Crippen LogP contribution in [0, 0.1) is 13.8 Å². The fourth-order valence-electron chi connectivity index (χ4n) is 2.02. The van der Waals surface area contributed by atoms with Crippen molar-refractivity contribution in [1.29, 1.82) is 0 Å². The van der Waals surface area contributed by atoms with E-state index in [9.17, 15) is 5.11 Å². The summed E-state index contributed by atoms with van der Waals surface area (Å²) in [7, 11) is 2.16. The van der Waals surface area contributed by atoms with Crippen molar-refractivity contribution in [3.8, 4) is 5.75 Å². The molecule has 0 amide bonds. The van der Waals surface area contributed by atoms with Gasteiger partial charge in [0.1, 0.15) is 5.75 Å². The van der Waals surface area contributed by atoms with Gasteiger partial charge in [-0.05, 0) is 37.1 Å². The van der Waals surface area contributed by atoms with Gasteiger partial charge in [-0.3, -0.25) is 0 Å². The van der Waals surface area contributed by atoms with Gasteiger partial charge >= 0.3 is 0 Å². The van der Waals surface area contributed by atoms with Crippen LogP contribution in [0.15, 0.2) is 36.4 Å². The summed E-state index contributed by atoms with van der Waals surface area (Å²) in [5, 5.41) is 14.0. The summed E-state index contributed by atoms with van der Waals surface area (Å²) in [6, 6.07) is 11.2. The lowest BCUT2D eigenvalue weighted by atomic mass is 10.2. The van der Waals surface area contributed by atoms with Crippen LogP contribution >= 0.6 is 19.8 Å². The van der Waals surface area contributed by atoms with Crippen LogP contribution in [0.2, 0.25) is 5.02 Å². The Morgan fingerprint density at radius 1 is 1.10 bits per heavy atom. The number of aryl methyl sites for hydroxylation is 2. The van der Waals surface area contributed by atoms with Crippen LogP contribution in [-0.4, -0.2) is 12.6 Å². The lowest BCUT2D eigenvalue weighted by Crippen LogP contribution is -2.20. The molecule has 2 rings (SSSR count). The van der Waals surface area contributed by atoms with E-state index < -0.39 is 0 Å². The molecule has 0 aliphatic heterocycles. The van der Waals surface area contributed by atoms with Crippen LogP contribution in [0.25, 0.3) is 0 Å². The maximum Gasteiger partial charge on any atom is 0.126 e. The van der Waals surface area contributed by atoms with Crippen LogP contribution < -0.4 is 15.1 Å². The highest BCUT2D eigenvalue weighted by atomic mass is 35.5. The maximum absolute atomic E-state index is 12.5. The zero-order valence-corrected chi connectivity index (χ0v) is 13.3. The lowest BCUT2D eigenvalue weighted by Gasteiger charge is -2.18. The first-order valence-electron chi connectivity index (χ1n) is 6.19. The third-order valence-electron chi connectivity index (χ3n) is 3.06. The average molecular weight is 306 g/mol. The van der Waals surface area contributed by atoms with E-state index in [0.717, 1.165) is 16.4 Å². The summed E-state index contributed by atoms with van der Waals surface area (Å²) < 4.78 is 5.24. The maximum atomic E-state index is 12.5. The Balaban J connectivity index is 2.57. The van der Waals surface area contributed by atoms with Crippen molar-refractivity contribution >= 4 is 30.6 Å². The predicted molar refractivity (Wildman–Crippen MR) is 84.6 cm³/mol. The summed E-state index contributed by atoms with van der Waals surface area (Å²) in [6.45, 7) is 4.01. The number of rotatable bonds is 3. The van der Waals surface area contributed by atoms with Crippen molar-refractivity contribution in [3.05, 3.63) is 58.1 Å². The quantitative estimate of drug-likeness (QED) is 0.816. The second kappa shape index (κ2) is 6.41.